The quantitative estimate of drug-likeness (QED) is 0.300. The third-order valence-electron chi connectivity index (χ3n) is 5.29. The Morgan fingerprint density at radius 3 is 1.76 bits per heavy atom. The van der Waals surface area contributed by atoms with Gasteiger partial charge >= 0.3 is 0 Å². The van der Waals surface area contributed by atoms with Crippen molar-refractivity contribution in [2.24, 2.45) is 0 Å². The Morgan fingerprint density at radius 1 is 0.647 bits per heavy atom. The molecule has 0 saturated carbocycles. The van der Waals surface area contributed by atoms with Crippen LogP contribution in [0.1, 0.15) is 11.1 Å². The zero-order valence-electron chi connectivity index (χ0n) is 18.1. The highest BCUT2D eigenvalue weighted by atomic mass is 35.5. The van der Waals surface area contributed by atoms with E-state index in [4.69, 9.17) is 23.2 Å². The van der Waals surface area contributed by atoms with Crippen LogP contribution < -0.4 is 9.44 Å². The molecule has 0 heterocycles. The van der Waals surface area contributed by atoms with Gasteiger partial charge in [0.1, 0.15) is 0 Å². The van der Waals surface area contributed by atoms with Gasteiger partial charge in [-0.05, 0) is 66.8 Å². The van der Waals surface area contributed by atoms with E-state index >= 15 is 0 Å². The first-order chi connectivity index (χ1) is 16.0. The molecule has 0 aliphatic carbocycles. The van der Waals surface area contributed by atoms with Crippen LogP contribution in [-0.4, -0.2) is 16.8 Å². The molecular weight excluding hydrogens is 515 g/mol. The summed E-state index contributed by atoms with van der Waals surface area (Å²) in [6.45, 7) is 3.48. The van der Waals surface area contributed by atoms with Crippen molar-refractivity contribution in [2.45, 2.75) is 23.6 Å². The van der Waals surface area contributed by atoms with E-state index in [0.29, 0.717) is 43.3 Å². The Morgan fingerprint density at radius 2 is 1.18 bits per heavy atom. The minimum Gasteiger partial charge on any atom is -0.279 e. The number of nitrogens with one attached hydrogen (secondary N) is 2. The molecule has 0 amide bonds. The number of benzene rings is 4. The molecule has 2 N–H and O–H groups in total. The fraction of sp³-hybridized carbons (Fsp3) is 0.0833. The normalized spacial score (nSPS) is 12.0. The maximum atomic E-state index is 13.4. The topological polar surface area (TPSA) is 92.3 Å². The van der Waals surface area contributed by atoms with Gasteiger partial charge in [-0.15, -0.1) is 0 Å². The zero-order chi connectivity index (χ0) is 24.7. The summed E-state index contributed by atoms with van der Waals surface area (Å²) in [5.74, 6) is 0. The number of sulfonamides is 2. The van der Waals surface area contributed by atoms with E-state index in [1.54, 1.807) is 62.4 Å². The molecule has 0 aliphatic rings. The first-order valence-electron chi connectivity index (χ1n) is 10.1. The second kappa shape index (κ2) is 9.11. The molecule has 0 unspecified atom stereocenters. The summed E-state index contributed by atoms with van der Waals surface area (Å²) in [7, 11) is -8.31. The summed E-state index contributed by atoms with van der Waals surface area (Å²) in [6, 6.07) is 18.9. The molecule has 0 spiro atoms. The largest absolute Gasteiger partial charge is 0.279 e. The summed E-state index contributed by atoms with van der Waals surface area (Å²) in [6.07, 6.45) is 0. The third-order valence-corrected chi connectivity index (χ3v) is 8.51. The standard InChI is InChI=1S/C24H20Cl2N2O4S2/c1-15-7-9-18(25)12-22(15)27-33(29,30)20-11-17-5-3-4-6-21(17)24(14-20)34(31,32)28-23-13-19(26)10-8-16(23)2/h3-14,27-28H,1-2H3. The van der Waals surface area contributed by atoms with Gasteiger partial charge in [-0.2, -0.15) is 0 Å². The lowest BCUT2D eigenvalue weighted by Crippen LogP contribution is -2.17. The van der Waals surface area contributed by atoms with Gasteiger partial charge in [0, 0.05) is 15.4 Å². The summed E-state index contributed by atoms with van der Waals surface area (Å²) in [5.41, 5.74) is 1.94. The first-order valence-corrected chi connectivity index (χ1v) is 13.8. The summed E-state index contributed by atoms with van der Waals surface area (Å²) in [5, 5.41) is 1.57. The Kier molecular flexibility index (Phi) is 6.52. The van der Waals surface area contributed by atoms with Crippen molar-refractivity contribution in [1.29, 1.82) is 0 Å². The Bertz CT molecular complexity index is 1640. The number of fused-ring (bicyclic) bond motifs is 1. The average molecular weight is 535 g/mol. The van der Waals surface area contributed by atoms with Gasteiger partial charge in [0.05, 0.1) is 21.2 Å². The monoisotopic (exact) mass is 534 g/mol. The predicted octanol–water partition coefficient (Wildman–Crippen LogP) is 6.37. The van der Waals surface area contributed by atoms with E-state index in [1.165, 1.54) is 18.2 Å². The van der Waals surface area contributed by atoms with Crippen molar-refractivity contribution in [3.8, 4) is 0 Å². The third kappa shape index (κ3) is 5.00. The lowest BCUT2D eigenvalue weighted by atomic mass is 10.1. The van der Waals surface area contributed by atoms with E-state index in [2.05, 4.69) is 9.44 Å². The highest BCUT2D eigenvalue weighted by Gasteiger charge is 2.24. The maximum absolute atomic E-state index is 13.4. The SMILES string of the molecule is Cc1ccc(Cl)cc1NS(=O)(=O)c1cc(S(=O)(=O)Nc2cc(Cl)ccc2C)c2ccccc2c1. The molecule has 4 rings (SSSR count). The molecule has 34 heavy (non-hydrogen) atoms. The number of hydrogen-bond acceptors (Lipinski definition) is 4. The fourth-order valence-electron chi connectivity index (χ4n) is 3.44. The molecule has 0 bridgehead atoms. The van der Waals surface area contributed by atoms with Crippen molar-refractivity contribution in [1.82, 2.24) is 0 Å². The van der Waals surface area contributed by atoms with Gasteiger partial charge < -0.3 is 0 Å². The predicted molar refractivity (Wildman–Crippen MR) is 138 cm³/mol. The second-order valence-electron chi connectivity index (χ2n) is 7.77. The highest BCUT2D eigenvalue weighted by Crippen LogP contribution is 2.31. The smallest absolute Gasteiger partial charge is 0.262 e. The molecule has 4 aromatic carbocycles. The summed E-state index contributed by atoms with van der Waals surface area (Å²) in [4.78, 5) is -0.373. The minimum absolute atomic E-state index is 0.173. The van der Waals surface area contributed by atoms with Crippen molar-refractivity contribution in [2.75, 3.05) is 9.44 Å². The van der Waals surface area contributed by atoms with Crippen molar-refractivity contribution in [3.05, 3.63) is 94.0 Å². The second-order valence-corrected chi connectivity index (χ2v) is 12.0. The van der Waals surface area contributed by atoms with Gasteiger partial charge in [-0.25, -0.2) is 16.8 Å². The van der Waals surface area contributed by atoms with E-state index in [9.17, 15) is 16.8 Å². The molecule has 176 valence electrons. The number of anilines is 2. The number of aryl methyl sites for hydroxylation is 2. The highest BCUT2D eigenvalue weighted by molar-refractivity contribution is 7.93. The van der Waals surface area contributed by atoms with Crippen molar-refractivity contribution in [3.63, 3.8) is 0 Å². The number of rotatable bonds is 6. The van der Waals surface area contributed by atoms with Crippen LogP contribution in [0.25, 0.3) is 10.8 Å². The van der Waals surface area contributed by atoms with Crippen molar-refractivity contribution >= 4 is 65.4 Å². The Labute approximate surface area is 208 Å². The van der Waals surface area contributed by atoms with Gasteiger partial charge in [0.25, 0.3) is 20.0 Å². The van der Waals surface area contributed by atoms with E-state index < -0.39 is 20.0 Å². The summed E-state index contributed by atoms with van der Waals surface area (Å²) >= 11 is 12.1. The van der Waals surface area contributed by atoms with Gasteiger partial charge in [-0.1, -0.05) is 59.6 Å². The number of halogens is 2. The first kappa shape index (κ1) is 24.3. The molecular formula is C24H20Cl2N2O4S2. The molecule has 6 nitrogen and oxygen atoms in total. The van der Waals surface area contributed by atoms with E-state index in [1.807, 2.05) is 0 Å². The molecule has 4 aromatic rings. The molecule has 0 aliphatic heterocycles. The Balaban J connectivity index is 1.85. The summed E-state index contributed by atoms with van der Waals surface area (Å²) < 4.78 is 58.4. The lowest BCUT2D eigenvalue weighted by molar-refractivity contribution is 0.600. The van der Waals surface area contributed by atoms with Crippen LogP contribution in [0.5, 0.6) is 0 Å². The van der Waals surface area contributed by atoms with Crippen molar-refractivity contribution < 1.29 is 16.8 Å². The van der Waals surface area contributed by atoms with E-state index in [0.717, 1.165) is 6.07 Å². The van der Waals surface area contributed by atoms with Crippen LogP contribution in [-0.2, 0) is 20.0 Å². The minimum atomic E-state index is -4.17. The molecule has 0 aromatic heterocycles. The Hall–Kier alpha value is -2.78. The van der Waals surface area contributed by atoms with Crippen LogP contribution in [0.3, 0.4) is 0 Å². The van der Waals surface area contributed by atoms with Crippen LogP contribution in [0.15, 0.2) is 82.6 Å². The molecule has 0 fully saturated rings. The van der Waals surface area contributed by atoms with Gasteiger partial charge in [-0.3, -0.25) is 9.44 Å². The molecule has 0 radical (unpaired) electrons. The van der Waals surface area contributed by atoms with Crippen LogP contribution in [0.4, 0.5) is 11.4 Å². The van der Waals surface area contributed by atoms with Crippen LogP contribution in [0.2, 0.25) is 10.0 Å². The fourth-order valence-corrected chi connectivity index (χ4v) is 6.42. The van der Waals surface area contributed by atoms with E-state index in [-0.39, 0.29) is 9.79 Å². The molecule has 0 saturated heterocycles. The number of hydrogen-bond donors (Lipinski definition) is 2. The maximum Gasteiger partial charge on any atom is 0.262 e. The van der Waals surface area contributed by atoms with Gasteiger partial charge in [0.15, 0.2) is 0 Å². The molecule has 0 atom stereocenters. The lowest BCUT2D eigenvalue weighted by Gasteiger charge is -2.16. The van der Waals surface area contributed by atoms with Crippen LogP contribution in [0, 0.1) is 13.8 Å². The molecule has 10 heteroatoms. The van der Waals surface area contributed by atoms with Crippen LogP contribution >= 0.6 is 23.2 Å². The zero-order valence-corrected chi connectivity index (χ0v) is 21.3. The average Bonchev–Trinajstić information content (AvgIpc) is 2.77. The van der Waals surface area contributed by atoms with Gasteiger partial charge in [0.2, 0.25) is 0 Å².